The van der Waals surface area contributed by atoms with E-state index in [4.69, 9.17) is 4.74 Å². The van der Waals surface area contributed by atoms with Crippen LogP contribution in [0.2, 0.25) is 0 Å². The van der Waals surface area contributed by atoms with Crippen molar-refractivity contribution in [2.75, 3.05) is 0 Å². The van der Waals surface area contributed by atoms with E-state index in [0.29, 0.717) is 28.3 Å². The maximum absolute atomic E-state index is 13.8. The minimum absolute atomic E-state index is 0.0473. The summed E-state index contributed by atoms with van der Waals surface area (Å²) in [5, 5.41) is 57.1. The van der Waals surface area contributed by atoms with E-state index in [2.05, 4.69) is 11.9 Å². The number of aromatic nitrogens is 1. The summed E-state index contributed by atoms with van der Waals surface area (Å²) in [4.78, 5) is 18.4. The zero-order valence-corrected chi connectivity index (χ0v) is 27.9. The van der Waals surface area contributed by atoms with Crippen molar-refractivity contribution in [1.29, 1.82) is 0 Å². The van der Waals surface area contributed by atoms with Crippen molar-refractivity contribution in [1.82, 2.24) is 4.98 Å². The Balaban J connectivity index is 2.55. The van der Waals surface area contributed by atoms with Crippen LogP contribution >= 0.6 is 11.3 Å². The number of hydrogen-bond donors (Lipinski definition) is 5. The largest absolute Gasteiger partial charge is 0.456 e. The molecule has 5 N–H and O–H groups in total. The van der Waals surface area contributed by atoms with Crippen molar-refractivity contribution in [2.45, 2.75) is 129 Å². The molecule has 8 atom stereocenters. The summed E-state index contributed by atoms with van der Waals surface area (Å²) in [5.74, 6) is -1.71. The average molecular weight is 632 g/mol. The van der Waals surface area contributed by atoms with E-state index < -0.39 is 48.5 Å². The smallest absolute Gasteiger partial charge is 0.334 e. The fraction of sp³-hybridized carbons (Fsp3) is 0.600. The summed E-state index contributed by atoms with van der Waals surface area (Å²) >= 11 is 1.37. The predicted molar refractivity (Wildman–Crippen MR) is 177 cm³/mol. The van der Waals surface area contributed by atoms with Crippen LogP contribution in [0.4, 0.5) is 0 Å². The van der Waals surface area contributed by atoms with Crippen molar-refractivity contribution in [3.8, 4) is 0 Å². The number of allylic oxidation sites excluding steroid dienone is 5. The number of nitrogens with zero attached hydrogens (tertiary/aromatic N) is 1. The molecule has 1 aromatic rings. The standard InChI is InChI=1S/C35H53NO7S/c1-7-9-10-12-15-26-19-27-21-44-34(36-27)24(5)30(39)20-28(37)16-13-11-14-17-29(38)32(41)33(43-35(26)42)25(6)31(40)23(4)18-22(3)8-2/h8,11,13-14,16,18-19,21,24-25,28-33,37-41H,7,9-10,12,15,17,20H2,1-6H3/b14-11-,16-13+,22-8+,23-18+,26-19+/t24-,25?,28-,29+,30?,31?,32-,33-/m0/s1. The van der Waals surface area contributed by atoms with E-state index in [0.717, 1.165) is 31.3 Å². The molecule has 8 nitrogen and oxygen atoms in total. The number of thiazole rings is 1. The van der Waals surface area contributed by atoms with E-state index in [-0.39, 0.29) is 18.8 Å². The van der Waals surface area contributed by atoms with Crippen LogP contribution < -0.4 is 0 Å². The Morgan fingerprint density at radius 2 is 1.86 bits per heavy atom. The van der Waals surface area contributed by atoms with Crippen LogP contribution in [-0.2, 0) is 9.53 Å². The minimum Gasteiger partial charge on any atom is -0.456 e. The van der Waals surface area contributed by atoms with Gasteiger partial charge in [0.05, 0.1) is 35.1 Å². The first-order valence-electron chi connectivity index (χ1n) is 15.8. The quantitative estimate of drug-likeness (QED) is 0.131. The second kappa shape index (κ2) is 19.2. The number of aliphatic hydroxyl groups is 5. The van der Waals surface area contributed by atoms with Crippen LogP contribution in [0.1, 0.15) is 103 Å². The summed E-state index contributed by atoms with van der Waals surface area (Å²) < 4.78 is 5.98. The Hall–Kier alpha value is -2.40. The van der Waals surface area contributed by atoms with Crippen molar-refractivity contribution in [3.63, 3.8) is 0 Å². The van der Waals surface area contributed by atoms with Gasteiger partial charge in [0.2, 0.25) is 0 Å². The number of ether oxygens (including phenoxy) is 1. The molecule has 0 saturated heterocycles. The van der Waals surface area contributed by atoms with Crippen LogP contribution in [-0.4, -0.2) is 73.1 Å². The van der Waals surface area contributed by atoms with Crippen LogP contribution in [0, 0.1) is 5.92 Å². The Bertz CT molecular complexity index is 1180. The molecule has 0 aliphatic carbocycles. The van der Waals surface area contributed by atoms with Gasteiger partial charge in [-0.3, -0.25) is 0 Å². The fourth-order valence-electron chi connectivity index (χ4n) is 5.08. The van der Waals surface area contributed by atoms with Crippen LogP contribution in [0.3, 0.4) is 0 Å². The highest BCUT2D eigenvalue weighted by molar-refractivity contribution is 7.09. The van der Waals surface area contributed by atoms with Crippen molar-refractivity contribution >= 4 is 23.4 Å². The molecule has 2 rings (SSSR count). The lowest BCUT2D eigenvalue weighted by Gasteiger charge is -2.34. The number of hydrogen-bond acceptors (Lipinski definition) is 9. The molecule has 0 amide bonds. The highest BCUT2D eigenvalue weighted by Gasteiger charge is 2.38. The Morgan fingerprint density at radius 1 is 1.14 bits per heavy atom. The molecule has 9 heteroatoms. The lowest BCUT2D eigenvalue weighted by Crippen LogP contribution is -2.47. The second-order valence-electron chi connectivity index (χ2n) is 12.0. The Morgan fingerprint density at radius 3 is 2.55 bits per heavy atom. The van der Waals surface area contributed by atoms with Crippen LogP contribution in [0.15, 0.2) is 58.6 Å². The van der Waals surface area contributed by atoms with Gasteiger partial charge >= 0.3 is 5.97 Å². The molecule has 3 unspecified atom stereocenters. The highest BCUT2D eigenvalue weighted by Crippen LogP contribution is 2.29. The number of carbonyl (C=O) groups is 1. The number of unbranched alkanes of at least 4 members (excludes halogenated alkanes) is 3. The van der Waals surface area contributed by atoms with Gasteiger partial charge in [-0.25, -0.2) is 9.78 Å². The third-order valence-corrected chi connectivity index (χ3v) is 9.26. The van der Waals surface area contributed by atoms with E-state index >= 15 is 0 Å². The molecule has 0 radical (unpaired) electrons. The molecular formula is C35H53NO7S. The average Bonchev–Trinajstić information content (AvgIpc) is 3.47. The van der Waals surface area contributed by atoms with Gasteiger partial charge in [0.15, 0.2) is 0 Å². The van der Waals surface area contributed by atoms with Gasteiger partial charge in [-0.05, 0) is 51.7 Å². The molecule has 0 spiro atoms. The molecule has 2 heterocycles. The minimum atomic E-state index is -1.48. The Kier molecular flexibility index (Phi) is 16.5. The molecule has 44 heavy (non-hydrogen) atoms. The topological polar surface area (TPSA) is 140 Å². The molecule has 1 aliphatic heterocycles. The van der Waals surface area contributed by atoms with Crippen LogP contribution in [0.5, 0.6) is 0 Å². The summed E-state index contributed by atoms with van der Waals surface area (Å²) in [6.45, 7) is 11.3. The number of carbonyl (C=O) groups excluding carboxylic acids is 1. The van der Waals surface area contributed by atoms with Gasteiger partial charge in [0.25, 0.3) is 0 Å². The second-order valence-corrected chi connectivity index (χ2v) is 12.8. The molecule has 0 aromatic carbocycles. The number of cyclic esters (lactones) is 1. The third kappa shape index (κ3) is 11.8. The van der Waals surface area contributed by atoms with Gasteiger partial charge in [0.1, 0.15) is 12.2 Å². The maximum atomic E-state index is 13.8. The number of aliphatic hydroxyl groups excluding tert-OH is 5. The van der Waals surface area contributed by atoms with Gasteiger partial charge in [-0.15, -0.1) is 11.3 Å². The Labute approximate surface area is 267 Å². The first-order chi connectivity index (χ1) is 20.9. The SMILES string of the molecule is C/C=C(C)/C=C(\C)C(O)C(C)[C@@H]1OC(=O)/C(CCCCCC)=C/c2csc(n2)[C@@H](C)C(O)C[C@@H](O)/C=C/C=C\C[C@@H](O)[C@@H]1O. The maximum Gasteiger partial charge on any atom is 0.334 e. The first-order valence-corrected chi connectivity index (χ1v) is 16.7. The van der Waals surface area contributed by atoms with E-state index in [1.54, 1.807) is 44.2 Å². The zero-order valence-electron chi connectivity index (χ0n) is 27.1. The number of fused-ring (bicyclic) bond motifs is 2. The van der Waals surface area contributed by atoms with Gasteiger partial charge in [-0.2, -0.15) is 0 Å². The summed E-state index contributed by atoms with van der Waals surface area (Å²) in [7, 11) is 0. The first kappa shape index (κ1) is 37.8. The molecule has 0 fully saturated rings. The van der Waals surface area contributed by atoms with Gasteiger partial charge < -0.3 is 30.3 Å². The monoisotopic (exact) mass is 631 g/mol. The molecule has 1 aromatic heterocycles. The summed E-state index contributed by atoms with van der Waals surface area (Å²) in [6, 6.07) is 0. The van der Waals surface area contributed by atoms with E-state index in [1.165, 1.54) is 11.3 Å². The predicted octanol–water partition coefficient (Wildman–Crippen LogP) is 5.77. The summed E-state index contributed by atoms with van der Waals surface area (Å²) in [6.07, 6.45) is 9.51. The molecular weight excluding hydrogens is 578 g/mol. The normalized spacial score (nSPS) is 30.6. The number of rotatable bonds is 9. The van der Waals surface area contributed by atoms with Crippen molar-refractivity contribution < 1.29 is 35.1 Å². The molecule has 0 saturated carbocycles. The lowest BCUT2D eigenvalue weighted by atomic mass is 9.87. The van der Waals surface area contributed by atoms with E-state index in [1.807, 2.05) is 38.3 Å². The van der Waals surface area contributed by atoms with Gasteiger partial charge in [0, 0.05) is 29.2 Å². The van der Waals surface area contributed by atoms with Gasteiger partial charge in [-0.1, -0.05) is 82.1 Å². The number of esters is 1. The third-order valence-electron chi connectivity index (χ3n) is 8.20. The summed E-state index contributed by atoms with van der Waals surface area (Å²) in [5.41, 5.74) is 2.54. The van der Waals surface area contributed by atoms with E-state index in [9.17, 15) is 30.3 Å². The lowest BCUT2D eigenvalue weighted by molar-refractivity contribution is -0.164. The molecule has 1 aliphatic rings. The molecule has 2 bridgehead atoms. The van der Waals surface area contributed by atoms with Crippen molar-refractivity contribution in [2.24, 2.45) is 5.92 Å². The zero-order chi connectivity index (χ0) is 32.8. The highest BCUT2D eigenvalue weighted by atomic mass is 32.1. The molecule has 246 valence electrons. The van der Waals surface area contributed by atoms with Crippen LogP contribution in [0.25, 0.3) is 6.08 Å². The fourth-order valence-corrected chi connectivity index (χ4v) is 5.97. The van der Waals surface area contributed by atoms with Crippen molar-refractivity contribution in [3.05, 3.63) is 69.3 Å².